The van der Waals surface area contributed by atoms with E-state index in [0.717, 1.165) is 5.76 Å². The van der Waals surface area contributed by atoms with Crippen molar-refractivity contribution in [1.29, 1.82) is 0 Å². The summed E-state index contributed by atoms with van der Waals surface area (Å²) in [5, 5.41) is 0. The molecule has 96 valence electrons. The number of nitrogens with two attached hydrogens (primary N) is 1. The van der Waals surface area contributed by atoms with Gasteiger partial charge in [-0.15, -0.1) is 0 Å². The fourth-order valence-electron chi connectivity index (χ4n) is 1.61. The fraction of sp³-hybridized carbons (Fsp3) is 0.615. The van der Waals surface area contributed by atoms with Crippen molar-refractivity contribution in [3.63, 3.8) is 0 Å². The van der Waals surface area contributed by atoms with Crippen LogP contribution in [-0.2, 0) is 9.53 Å². The van der Waals surface area contributed by atoms with Crippen molar-refractivity contribution in [2.45, 2.75) is 51.7 Å². The quantitative estimate of drug-likeness (QED) is 0.819. The molecule has 1 heterocycles. The Labute approximate surface area is 102 Å². The highest BCUT2D eigenvalue weighted by atomic mass is 16.6. The average molecular weight is 239 g/mol. The molecule has 0 aliphatic heterocycles. The number of hydrogen-bond acceptors (Lipinski definition) is 4. The van der Waals surface area contributed by atoms with E-state index < -0.39 is 5.60 Å². The van der Waals surface area contributed by atoms with E-state index in [0.29, 0.717) is 0 Å². The Morgan fingerprint density at radius 3 is 2.59 bits per heavy atom. The van der Waals surface area contributed by atoms with Crippen LogP contribution in [0.5, 0.6) is 0 Å². The van der Waals surface area contributed by atoms with Gasteiger partial charge in [0.2, 0.25) is 0 Å². The summed E-state index contributed by atoms with van der Waals surface area (Å²) in [7, 11) is 0. The molecule has 0 spiro atoms. The van der Waals surface area contributed by atoms with Crippen molar-refractivity contribution in [3.8, 4) is 0 Å². The van der Waals surface area contributed by atoms with Gasteiger partial charge < -0.3 is 14.9 Å². The van der Waals surface area contributed by atoms with Crippen LogP contribution in [0.1, 0.15) is 45.8 Å². The van der Waals surface area contributed by atoms with Gasteiger partial charge in [-0.2, -0.15) is 0 Å². The Hall–Kier alpha value is -1.29. The molecule has 0 aromatic carbocycles. The van der Waals surface area contributed by atoms with E-state index in [1.165, 1.54) is 0 Å². The average Bonchev–Trinajstić information content (AvgIpc) is 2.63. The number of rotatable bonds is 4. The summed E-state index contributed by atoms with van der Waals surface area (Å²) in [5.41, 5.74) is 5.40. The molecular formula is C13H21NO3. The largest absolute Gasteiger partial charge is 0.469 e. The molecule has 2 N–H and O–H groups in total. The molecule has 1 aromatic rings. The second kappa shape index (κ2) is 5.36. The highest BCUT2D eigenvalue weighted by Gasteiger charge is 2.25. The zero-order chi connectivity index (χ0) is 13.1. The van der Waals surface area contributed by atoms with Crippen LogP contribution < -0.4 is 5.73 Å². The van der Waals surface area contributed by atoms with Gasteiger partial charge in [0.1, 0.15) is 11.4 Å². The molecule has 0 saturated carbocycles. The summed E-state index contributed by atoms with van der Waals surface area (Å²) in [5.74, 6) is 0.335. The molecule has 0 fully saturated rings. The number of esters is 1. The molecular weight excluding hydrogens is 218 g/mol. The van der Waals surface area contributed by atoms with E-state index in [1.54, 1.807) is 12.3 Å². The third-order valence-corrected chi connectivity index (χ3v) is 2.35. The summed E-state index contributed by atoms with van der Waals surface area (Å²) in [6.07, 6.45) is 1.82. The van der Waals surface area contributed by atoms with Gasteiger partial charge in [-0.05, 0) is 39.8 Å². The molecule has 17 heavy (non-hydrogen) atoms. The number of carbonyl (C=O) groups excluding carboxylic acids is 1. The van der Waals surface area contributed by atoms with Gasteiger partial charge in [0.15, 0.2) is 0 Å². The molecule has 4 nitrogen and oxygen atoms in total. The van der Waals surface area contributed by atoms with Crippen molar-refractivity contribution in [3.05, 3.63) is 24.2 Å². The van der Waals surface area contributed by atoms with Crippen LogP contribution in [0.2, 0.25) is 0 Å². The zero-order valence-electron chi connectivity index (χ0n) is 10.9. The molecule has 1 rings (SSSR count). The normalized spacial score (nSPS) is 15.4. The van der Waals surface area contributed by atoms with E-state index in [9.17, 15) is 4.79 Å². The summed E-state index contributed by atoms with van der Waals surface area (Å²) in [6.45, 7) is 7.40. The summed E-state index contributed by atoms with van der Waals surface area (Å²) < 4.78 is 10.6. The highest BCUT2D eigenvalue weighted by Crippen LogP contribution is 2.24. The van der Waals surface area contributed by atoms with Crippen molar-refractivity contribution in [2.75, 3.05) is 0 Å². The van der Waals surface area contributed by atoms with Crippen LogP contribution in [0.25, 0.3) is 0 Å². The number of ether oxygens (including phenoxy) is 1. The predicted molar refractivity (Wildman–Crippen MR) is 65.6 cm³/mol. The first kappa shape index (κ1) is 13.8. The van der Waals surface area contributed by atoms with Crippen LogP contribution in [0.4, 0.5) is 0 Å². The SMILES string of the molecule is C[C@@H](N)[C@@H](CC(=O)OC(C)(C)C)c1ccco1. The lowest BCUT2D eigenvalue weighted by Crippen LogP contribution is -2.30. The molecule has 0 aliphatic rings. The molecule has 0 bridgehead atoms. The first-order chi connectivity index (χ1) is 7.79. The van der Waals surface area contributed by atoms with Crippen molar-refractivity contribution in [2.24, 2.45) is 5.73 Å². The maximum atomic E-state index is 11.7. The maximum Gasteiger partial charge on any atom is 0.307 e. The first-order valence-electron chi connectivity index (χ1n) is 5.80. The van der Waals surface area contributed by atoms with Crippen molar-refractivity contribution >= 4 is 5.97 Å². The third kappa shape index (κ3) is 4.61. The second-order valence-electron chi connectivity index (χ2n) is 5.27. The van der Waals surface area contributed by atoms with Crippen LogP contribution in [0.3, 0.4) is 0 Å². The number of carbonyl (C=O) groups is 1. The smallest absolute Gasteiger partial charge is 0.307 e. The molecule has 2 atom stereocenters. The van der Waals surface area contributed by atoms with Gasteiger partial charge >= 0.3 is 5.97 Å². The van der Waals surface area contributed by atoms with E-state index >= 15 is 0 Å². The fourth-order valence-corrected chi connectivity index (χ4v) is 1.61. The van der Waals surface area contributed by atoms with Gasteiger partial charge in [-0.3, -0.25) is 4.79 Å². The Morgan fingerprint density at radius 2 is 2.18 bits per heavy atom. The van der Waals surface area contributed by atoms with Gasteiger partial charge in [0.05, 0.1) is 12.7 Å². The molecule has 0 saturated heterocycles. The van der Waals surface area contributed by atoms with E-state index in [1.807, 2.05) is 33.8 Å². The monoisotopic (exact) mass is 239 g/mol. The topological polar surface area (TPSA) is 65.5 Å². The molecule has 0 amide bonds. The van der Waals surface area contributed by atoms with Gasteiger partial charge in [0, 0.05) is 12.0 Å². The number of hydrogen-bond donors (Lipinski definition) is 1. The second-order valence-corrected chi connectivity index (χ2v) is 5.27. The minimum absolute atomic E-state index is 0.139. The summed E-state index contributed by atoms with van der Waals surface area (Å²) in [6, 6.07) is 3.46. The Morgan fingerprint density at radius 1 is 1.53 bits per heavy atom. The lowest BCUT2D eigenvalue weighted by molar-refractivity contribution is -0.155. The molecule has 0 aliphatic carbocycles. The predicted octanol–water partition coefficient (Wildman–Crippen LogP) is 2.44. The Balaban J connectivity index is 2.66. The lowest BCUT2D eigenvalue weighted by Gasteiger charge is -2.23. The van der Waals surface area contributed by atoms with E-state index in [-0.39, 0.29) is 24.3 Å². The Bertz CT molecular complexity index is 349. The number of furan rings is 1. The van der Waals surface area contributed by atoms with Crippen LogP contribution >= 0.6 is 0 Å². The van der Waals surface area contributed by atoms with Gasteiger partial charge in [-0.25, -0.2) is 0 Å². The molecule has 0 unspecified atom stereocenters. The van der Waals surface area contributed by atoms with Crippen LogP contribution in [0.15, 0.2) is 22.8 Å². The standard InChI is InChI=1S/C13H21NO3/c1-9(14)10(11-6-5-7-16-11)8-12(15)17-13(2,3)4/h5-7,9-10H,8,14H2,1-4H3/t9-,10-/m1/s1. The van der Waals surface area contributed by atoms with E-state index in [4.69, 9.17) is 14.9 Å². The molecule has 0 radical (unpaired) electrons. The third-order valence-electron chi connectivity index (χ3n) is 2.35. The van der Waals surface area contributed by atoms with Gasteiger partial charge in [-0.1, -0.05) is 0 Å². The molecule has 4 heteroatoms. The van der Waals surface area contributed by atoms with Crippen molar-refractivity contribution in [1.82, 2.24) is 0 Å². The summed E-state index contributed by atoms with van der Waals surface area (Å²) in [4.78, 5) is 11.7. The van der Waals surface area contributed by atoms with Crippen molar-refractivity contribution < 1.29 is 13.9 Å². The van der Waals surface area contributed by atoms with Gasteiger partial charge in [0.25, 0.3) is 0 Å². The lowest BCUT2D eigenvalue weighted by atomic mass is 9.95. The molecule has 1 aromatic heterocycles. The van der Waals surface area contributed by atoms with E-state index in [2.05, 4.69) is 0 Å². The van der Waals surface area contributed by atoms with Crippen LogP contribution in [0, 0.1) is 0 Å². The minimum atomic E-state index is -0.470. The minimum Gasteiger partial charge on any atom is -0.469 e. The Kier molecular flexibility index (Phi) is 4.34. The zero-order valence-corrected chi connectivity index (χ0v) is 10.9. The van der Waals surface area contributed by atoms with Crippen LogP contribution in [-0.4, -0.2) is 17.6 Å². The summed E-state index contributed by atoms with van der Waals surface area (Å²) >= 11 is 0. The first-order valence-corrected chi connectivity index (χ1v) is 5.80. The maximum absolute atomic E-state index is 11.7. The highest BCUT2D eigenvalue weighted by molar-refractivity contribution is 5.71.